The Morgan fingerprint density at radius 2 is 1.85 bits per heavy atom. The van der Waals surface area contributed by atoms with Crippen LogP contribution < -0.4 is 0 Å². The van der Waals surface area contributed by atoms with Crippen LogP contribution in [-0.2, 0) is 9.59 Å². The predicted octanol–water partition coefficient (Wildman–Crippen LogP) is -1.33. The molecule has 2 amide bonds. The van der Waals surface area contributed by atoms with Crippen LogP contribution >= 0.6 is 0 Å². The van der Waals surface area contributed by atoms with Crippen LogP contribution in [0.2, 0.25) is 0 Å². The zero-order valence-electron chi connectivity index (χ0n) is 7.86. The minimum Gasteiger partial charge on any atom is -0.392 e. The molecule has 5 nitrogen and oxygen atoms in total. The number of carbonyl (C=O) groups excluding carboxylic acids is 2. The van der Waals surface area contributed by atoms with Crippen LogP contribution in [0, 0.1) is 0 Å². The Morgan fingerprint density at radius 3 is 2.23 bits per heavy atom. The number of likely N-dealkylation sites (N-methyl/N-ethyl adjacent to an activating group) is 1. The van der Waals surface area contributed by atoms with E-state index < -0.39 is 6.10 Å². The van der Waals surface area contributed by atoms with Crippen LogP contribution in [0.5, 0.6) is 0 Å². The number of β-amino-alcohol motifs (C(OH)–C–C–N with tert-alkyl or cyclic N) is 1. The van der Waals surface area contributed by atoms with Gasteiger partial charge in [0, 0.05) is 0 Å². The second kappa shape index (κ2) is 3.85. The van der Waals surface area contributed by atoms with Crippen LogP contribution in [0.1, 0.15) is 6.92 Å². The lowest BCUT2D eigenvalue weighted by molar-refractivity contribution is -0.152. The summed E-state index contributed by atoms with van der Waals surface area (Å²) in [5.41, 5.74) is 0. The minimum absolute atomic E-state index is 0.103. The maximum atomic E-state index is 11.3. The lowest BCUT2D eigenvalue weighted by atomic mass is 10.2. The Labute approximate surface area is 76.9 Å². The Morgan fingerprint density at radius 1 is 1.38 bits per heavy atom. The van der Waals surface area contributed by atoms with E-state index in [9.17, 15) is 9.59 Å². The van der Waals surface area contributed by atoms with E-state index in [2.05, 4.69) is 0 Å². The van der Waals surface area contributed by atoms with Gasteiger partial charge in [-0.05, 0) is 14.0 Å². The first-order valence-electron chi connectivity index (χ1n) is 4.20. The minimum atomic E-state index is -0.656. The molecule has 1 saturated heterocycles. The monoisotopic (exact) mass is 186 g/mol. The molecule has 1 rings (SSSR count). The van der Waals surface area contributed by atoms with Crippen molar-refractivity contribution in [2.45, 2.75) is 13.0 Å². The summed E-state index contributed by atoms with van der Waals surface area (Å²) in [6.07, 6.45) is -0.656. The van der Waals surface area contributed by atoms with Gasteiger partial charge < -0.3 is 5.11 Å². The number of piperazine rings is 1. The molecule has 1 fully saturated rings. The van der Waals surface area contributed by atoms with E-state index in [0.717, 1.165) is 4.90 Å². The summed E-state index contributed by atoms with van der Waals surface area (Å²) in [7, 11) is 1.72. The van der Waals surface area contributed by atoms with Crippen LogP contribution in [-0.4, -0.2) is 59.5 Å². The molecule has 5 heteroatoms. The van der Waals surface area contributed by atoms with Crippen molar-refractivity contribution >= 4 is 11.8 Å². The lowest BCUT2D eigenvalue weighted by Gasteiger charge is -2.30. The zero-order chi connectivity index (χ0) is 10.0. The molecule has 1 atom stereocenters. The molecule has 13 heavy (non-hydrogen) atoms. The third kappa shape index (κ3) is 2.50. The fourth-order valence-corrected chi connectivity index (χ4v) is 1.30. The van der Waals surface area contributed by atoms with Crippen molar-refractivity contribution in [3.05, 3.63) is 0 Å². The van der Waals surface area contributed by atoms with E-state index in [-0.39, 0.29) is 31.4 Å². The highest BCUT2D eigenvalue weighted by Crippen LogP contribution is 2.03. The second-order valence-corrected chi connectivity index (χ2v) is 3.42. The van der Waals surface area contributed by atoms with Gasteiger partial charge in [0.1, 0.15) is 0 Å². The quantitative estimate of drug-likeness (QED) is 0.543. The SMILES string of the molecule is CC(O)CN1C(=O)CN(C)CC1=O. The lowest BCUT2D eigenvalue weighted by Crippen LogP contribution is -2.54. The van der Waals surface area contributed by atoms with E-state index in [4.69, 9.17) is 5.11 Å². The van der Waals surface area contributed by atoms with Gasteiger partial charge in [0.15, 0.2) is 0 Å². The standard InChI is InChI=1S/C8H14N2O3/c1-6(11)3-10-7(12)4-9(2)5-8(10)13/h6,11H,3-5H2,1-2H3. The summed E-state index contributed by atoms with van der Waals surface area (Å²) in [5.74, 6) is -0.473. The Bertz CT molecular complexity index is 209. The number of hydrogen-bond donors (Lipinski definition) is 1. The van der Waals surface area contributed by atoms with E-state index in [1.165, 1.54) is 0 Å². The average molecular weight is 186 g/mol. The number of nitrogens with zero attached hydrogens (tertiary/aromatic N) is 2. The van der Waals surface area contributed by atoms with Crippen LogP contribution in [0.25, 0.3) is 0 Å². The van der Waals surface area contributed by atoms with Gasteiger partial charge in [-0.3, -0.25) is 19.4 Å². The summed E-state index contributed by atoms with van der Waals surface area (Å²) in [4.78, 5) is 25.4. The molecule has 1 heterocycles. The van der Waals surface area contributed by atoms with Gasteiger partial charge in [-0.2, -0.15) is 0 Å². The molecule has 0 saturated carbocycles. The molecule has 1 aliphatic heterocycles. The molecule has 0 bridgehead atoms. The largest absolute Gasteiger partial charge is 0.392 e. The second-order valence-electron chi connectivity index (χ2n) is 3.42. The summed E-state index contributed by atoms with van der Waals surface area (Å²) in [5, 5.41) is 9.05. The smallest absolute Gasteiger partial charge is 0.243 e. The average Bonchev–Trinajstić information content (AvgIpc) is 1.96. The van der Waals surface area contributed by atoms with Gasteiger partial charge in [-0.25, -0.2) is 0 Å². The molecule has 1 unspecified atom stereocenters. The first-order chi connectivity index (χ1) is 6.00. The van der Waals surface area contributed by atoms with Gasteiger partial charge in [0.25, 0.3) is 0 Å². The number of rotatable bonds is 2. The summed E-state index contributed by atoms with van der Waals surface area (Å²) >= 11 is 0. The molecule has 0 aromatic rings. The van der Waals surface area contributed by atoms with Crippen LogP contribution in [0.15, 0.2) is 0 Å². The van der Waals surface area contributed by atoms with E-state index in [0.29, 0.717) is 0 Å². The van der Waals surface area contributed by atoms with E-state index in [1.54, 1.807) is 18.9 Å². The zero-order valence-corrected chi connectivity index (χ0v) is 7.86. The molecule has 0 aromatic heterocycles. The molecule has 0 aliphatic carbocycles. The van der Waals surface area contributed by atoms with Crippen molar-refractivity contribution in [3.63, 3.8) is 0 Å². The van der Waals surface area contributed by atoms with E-state index in [1.807, 2.05) is 0 Å². The highest BCUT2D eigenvalue weighted by molar-refractivity contribution is 5.99. The van der Waals surface area contributed by atoms with Crippen LogP contribution in [0.4, 0.5) is 0 Å². The van der Waals surface area contributed by atoms with Gasteiger partial charge in [-0.1, -0.05) is 0 Å². The van der Waals surface area contributed by atoms with Crippen molar-refractivity contribution in [3.8, 4) is 0 Å². The van der Waals surface area contributed by atoms with Crippen molar-refractivity contribution in [1.82, 2.24) is 9.80 Å². The molecule has 1 aliphatic rings. The molecule has 0 aromatic carbocycles. The van der Waals surface area contributed by atoms with Gasteiger partial charge in [0.05, 0.1) is 25.7 Å². The first kappa shape index (κ1) is 10.1. The first-order valence-corrected chi connectivity index (χ1v) is 4.20. The molecule has 0 radical (unpaired) electrons. The van der Waals surface area contributed by atoms with Crippen molar-refractivity contribution in [2.24, 2.45) is 0 Å². The van der Waals surface area contributed by atoms with Crippen molar-refractivity contribution in [2.75, 3.05) is 26.7 Å². The molecule has 1 N–H and O–H groups in total. The fourth-order valence-electron chi connectivity index (χ4n) is 1.30. The Kier molecular flexibility index (Phi) is 3.00. The highest BCUT2D eigenvalue weighted by Gasteiger charge is 2.29. The normalized spacial score (nSPS) is 22.2. The third-order valence-electron chi connectivity index (χ3n) is 1.86. The van der Waals surface area contributed by atoms with Crippen LogP contribution in [0.3, 0.4) is 0 Å². The maximum absolute atomic E-state index is 11.3. The number of hydrogen-bond acceptors (Lipinski definition) is 4. The summed E-state index contributed by atoms with van der Waals surface area (Å²) in [6.45, 7) is 2.15. The number of carbonyl (C=O) groups is 2. The molecular formula is C8H14N2O3. The number of aliphatic hydroxyl groups is 1. The number of aliphatic hydroxyl groups excluding tert-OH is 1. The van der Waals surface area contributed by atoms with Crippen molar-refractivity contribution in [1.29, 1.82) is 0 Å². The molecule has 74 valence electrons. The Hall–Kier alpha value is -0.940. The van der Waals surface area contributed by atoms with Crippen molar-refractivity contribution < 1.29 is 14.7 Å². The Balaban J connectivity index is 2.62. The predicted molar refractivity (Wildman–Crippen MR) is 45.9 cm³/mol. The maximum Gasteiger partial charge on any atom is 0.243 e. The fraction of sp³-hybridized carbons (Fsp3) is 0.750. The third-order valence-corrected chi connectivity index (χ3v) is 1.86. The molecule has 0 spiro atoms. The topological polar surface area (TPSA) is 60.9 Å². The van der Waals surface area contributed by atoms with Gasteiger partial charge in [-0.15, -0.1) is 0 Å². The number of amides is 2. The number of imide groups is 1. The summed E-state index contributed by atoms with van der Waals surface area (Å²) in [6, 6.07) is 0. The van der Waals surface area contributed by atoms with Gasteiger partial charge in [0.2, 0.25) is 11.8 Å². The molecular weight excluding hydrogens is 172 g/mol. The summed E-state index contributed by atoms with van der Waals surface area (Å²) < 4.78 is 0. The highest BCUT2D eigenvalue weighted by atomic mass is 16.3. The van der Waals surface area contributed by atoms with E-state index >= 15 is 0 Å². The van der Waals surface area contributed by atoms with Gasteiger partial charge >= 0.3 is 0 Å².